The highest BCUT2D eigenvalue weighted by Gasteiger charge is 1.98. The molecule has 1 aromatic rings. The first kappa shape index (κ1) is 12.3. The van der Waals surface area contributed by atoms with E-state index in [1.54, 1.807) is 26.4 Å². The van der Waals surface area contributed by atoms with Crippen molar-refractivity contribution in [2.75, 3.05) is 26.0 Å². The van der Waals surface area contributed by atoms with Crippen LogP contribution < -0.4 is 15.4 Å². The predicted molar refractivity (Wildman–Crippen MR) is 62.6 cm³/mol. The van der Waals surface area contributed by atoms with Crippen LogP contribution >= 0.6 is 0 Å². The molecule has 0 aliphatic heterocycles. The van der Waals surface area contributed by atoms with Crippen molar-refractivity contribution in [1.29, 1.82) is 0 Å². The molecular weight excluding hydrogens is 206 g/mol. The Labute approximate surface area is 95.2 Å². The molecule has 0 aromatic carbocycles. The Bertz CT molecular complexity index is 325. The Kier molecular flexibility index (Phi) is 5.11. The first-order valence-corrected chi connectivity index (χ1v) is 5.20. The molecule has 1 aromatic heterocycles. The number of nitrogens with zero attached hydrogens (tertiary/aromatic N) is 1. The van der Waals surface area contributed by atoms with Crippen LogP contribution in [0.1, 0.15) is 12.8 Å². The van der Waals surface area contributed by atoms with Crippen molar-refractivity contribution in [3.8, 4) is 5.88 Å². The van der Waals surface area contributed by atoms with Crippen molar-refractivity contribution in [2.45, 2.75) is 12.8 Å². The third-order valence-corrected chi connectivity index (χ3v) is 2.13. The highest BCUT2D eigenvalue weighted by molar-refractivity contribution is 5.75. The molecular formula is C11H17N3O2. The predicted octanol–water partition coefficient (Wildman–Crippen LogP) is 1.03. The molecule has 0 radical (unpaired) electrons. The van der Waals surface area contributed by atoms with Gasteiger partial charge >= 0.3 is 0 Å². The summed E-state index contributed by atoms with van der Waals surface area (Å²) in [6.45, 7) is 0.751. The zero-order chi connectivity index (χ0) is 11.8. The second-order valence-corrected chi connectivity index (χ2v) is 3.29. The Morgan fingerprint density at radius 3 is 2.88 bits per heavy atom. The van der Waals surface area contributed by atoms with Gasteiger partial charge in [-0.25, -0.2) is 4.98 Å². The highest BCUT2D eigenvalue weighted by Crippen LogP contribution is 2.10. The van der Waals surface area contributed by atoms with Crippen molar-refractivity contribution in [1.82, 2.24) is 10.3 Å². The normalized spacial score (nSPS) is 9.62. The van der Waals surface area contributed by atoms with Gasteiger partial charge in [-0.15, -0.1) is 0 Å². The molecule has 2 N–H and O–H groups in total. The highest BCUT2D eigenvalue weighted by atomic mass is 16.5. The van der Waals surface area contributed by atoms with Crippen molar-refractivity contribution in [2.24, 2.45) is 0 Å². The van der Waals surface area contributed by atoms with Crippen LogP contribution in [-0.2, 0) is 4.79 Å². The number of hydrogen-bond donors (Lipinski definition) is 2. The van der Waals surface area contributed by atoms with Gasteiger partial charge in [-0.05, 0) is 12.5 Å². The molecule has 5 heteroatoms. The fourth-order valence-electron chi connectivity index (χ4n) is 1.21. The largest absolute Gasteiger partial charge is 0.481 e. The van der Waals surface area contributed by atoms with E-state index in [1.807, 2.05) is 6.07 Å². The summed E-state index contributed by atoms with van der Waals surface area (Å²) in [7, 11) is 3.22. The number of methoxy groups -OCH3 is 1. The van der Waals surface area contributed by atoms with Gasteiger partial charge in [0, 0.05) is 26.1 Å². The van der Waals surface area contributed by atoms with Gasteiger partial charge in [-0.3, -0.25) is 4.79 Å². The van der Waals surface area contributed by atoms with Crippen molar-refractivity contribution >= 4 is 11.6 Å². The summed E-state index contributed by atoms with van der Waals surface area (Å²) < 4.78 is 4.95. The van der Waals surface area contributed by atoms with Crippen LogP contribution in [-0.4, -0.2) is 31.6 Å². The van der Waals surface area contributed by atoms with Crippen molar-refractivity contribution < 1.29 is 9.53 Å². The molecule has 1 amide bonds. The number of hydrogen-bond acceptors (Lipinski definition) is 4. The average Bonchev–Trinajstić information content (AvgIpc) is 2.35. The number of amides is 1. The van der Waals surface area contributed by atoms with Crippen LogP contribution in [0.5, 0.6) is 5.88 Å². The molecule has 0 saturated heterocycles. The van der Waals surface area contributed by atoms with Gasteiger partial charge in [-0.1, -0.05) is 0 Å². The second-order valence-electron chi connectivity index (χ2n) is 3.29. The molecule has 0 atom stereocenters. The van der Waals surface area contributed by atoms with Crippen LogP contribution in [0.4, 0.5) is 5.69 Å². The summed E-state index contributed by atoms with van der Waals surface area (Å²) in [5.74, 6) is 0.658. The van der Waals surface area contributed by atoms with E-state index in [1.165, 1.54) is 0 Å². The molecule has 16 heavy (non-hydrogen) atoms. The Morgan fingerprint density at radius 2 is 2.31 bits per heavy atom. The lowest BCUT2D eigenvalue weighted by Gasteiger charge is -2.06. The maximum Gasteiger partial charge on any atom is 0.219 e. The number of ether oxygens (including phenoxy) is 1. The minimum absolute atomic E-state index is 0.0645. The fourth-order valence-corrected chi connectivity index (χ4v) is 1.21. The fraction of sp³-hybridized carbons (Fsp3) is 0.455. The smallest absolute Gasteiger partial charge is 0.219 e. The van der Waals surface area contributed by atoms with E-state index in [2.05, 4.69) is 15.6 Å². The van der Waals surface area contributed by atoms with Gasteiger partial charge in [0.25, 0.3) is 0 Å². The van der Waals surface area contributed by atoms with Crippen molar-refractivity contribution in [3.05, 3.63) is 18.3 Å². The number of nitrogens with one attached hydrogen (secondary N) is 2. The first-order chi connectivity index (χ1) is 7.76. The maximum atomic E-state index is 10.9. The summed E-state index contributed by atoms with van der Waals surface area (Å²) in [6, 6.07) is 3.69. The van der Waals surface area contributed by atoms with E-state index < -0.39 is 0 Å². The van der Waals surface area contributed by atoms with E-state index >= 15 is 0 Å². The first-order valence-electron chi connectivity index (χ1n) is 5.20. The molecule has 0 fully saturated rings. The Morgan fingerprint density at radius 1 is 1.50 bits per heavy atom. The summed E-state index contributed by atoms with van der Waals surface area (Å²) >= 11 is 0. The number of rotatable bonds is 6. The number of pyridine rings is 1. The molecule has 1 heterocycles. The van der Waals surface area contributed by atoms with Gasteiger partial charge in [0.1, 0.15) is 0 Å². The molecule has 0 saturated carbocycles. The number of carbonyl (C=O) groups is 1. The molecule has 0 aliphatic carbocycles. The quantitative estimate of drug-likeness (QED) is 0.707. The monoisotopic (exact) mass is 223 g/mol. The molecule has 1 rings (SSSR count). The SMILES string of the molecule is CNC(=O)CCCNc1ccc(OC)nc1. The Balaban J connectivity index is 2.24. The van der Waals surface area contributed by atoms with Crippen molar-refractivity contribution in [3.63, 3.8) is 0 Å². The van der Waals surface area contributed by atoms with Gasteiger partial charge in [0.2, 0.25) is 11.8 Å². The van der Waals surface area contributed by atoms with Gasteiger partial charge in [-0.2, -0.15) is 0 Å². The molecule has 5 nitrogen and oxygen atoms in total. The summed E-state index contributed by atoms with van der Waals surface area (Å²) in [6.07, 6.45) is 3.04. The van der Waals surface area contributed by atoms with Gasteiger partial charge < -0.3 is 15.4 Å². The molecule has 88 valence electrons. The summed E-state index contributed by atoms with van der Waals surface area (Å²) in [5.41, 5.74) is 0.928. The lowest BCUT2D eigenvalue weighted by atomic mass is 10.3. The lowest BCUT2D eigenvalue weighted by molar-refractivity contribution is -0.120. The topological polar surface area (TPSA) is 63.2 Å². The number of carbonyl (C=O) groups excluding carboxylic acids is 1. The standard InChI is InChI=1S/C11H17N3O2/c1-12-10(15)4-3-7-13-9-5-6-11(16-2)14-8-9/h5-6,8,13H,3-4,7H2,1-2H3,(H,12,15). The maximum absolute atomic E-state index is 10.9. The molecule has 0 unspecified atom stereocenters. The summed E-state index contributed by atoms with van der Waals surface area (Å²) in [5, 5.41) is 5.76. The van der Waals surface area contributed by atoms with E-state index in [4.69, 9.17) is 4.74 Å². The van der Waals surface area contributed by atoms with Crippen LogP contribution in [0.15, 0.2) is 18.3 Å². The minimum atomic E-state index is 0.0645. The lowest BCUT2D eigenvalue weighted by Crippen LogP contribution is -2.18. The van der Waals surface area contributed by atoms with E-state index in [0.717, 1.165) is 18.7 Å². The van der Waals surface area contributed by atoms with Gasteiger partial charge in [0.05, 0.1) is 19.0 Å². The minimum Gasteiger partial charge on any atom is -0.481 e. The zero-order valence-corrected chi connectivity index (χ0v) is 9.62. The van der Waals surface area contributed by atoms with E-state index in [9.17, 15) is 4.79 Å². The molecule has 0 bridgehead atoms. The molecule has 0 aliphatic rings. The van der Waals surface area contributed by atoms with E-state index in [0.29, 0.717) is 12.3 Å². The number of anilines is 1. The van der Waals surface area contributed by atoms with Gasteiger partial charge in [0.15, 0.2) is 0 Å². The third-order valence-electron chi connectivity index (χ3n) is 2.13. The van der Waals surface area contributed by atoms with E-state index in [-0.39, 0.29) is 5.91 Å². The van der Waals surface area contributed by atoms with Crippen LogP contribution in [0.3, 0.4) is 0 Å². The zero-order valence-electron chi connectivity index (χ0n) is 9.62. The van der Waals surface area contributed by atoms with Crippen LogP contribution in [0.2, 0.25) is 0 Å². The van der Waals surface area contributed by atoms with Crippen LogP contribution in [0.25, 0.3) is 0 Å². The third kappa shape index (κ3) is 4.16. The average molecular weight is 223 g/mol. The van der Waals surface area contributed by atoms with Crippen LogP contribution in [0, 0.1) is 0 Å². The summed E-state index contributed by atoms with van der Waals surface area (Å²) in [4.78, 5) is 15.0. The second kappa shape index (κ2) is 6.66. The number of aromatic nitrogens is 1. The Hall–Kier alpha value is -1.78. The molecule has 0 spiro atoms.